The third-order valence-electron chi connectivity index (χ3n) is 11.5. The van der Waals surface area contributed by atoms with Crippen molar-refractivity contribution in [1.29, 1.82) is 0 Å². The molecule has 3 aliphatic rings. The van der Waals surface area contributed by atoms with Gasteiger partial charge in [-0.3, -0.25) is 19.4 Å². The van der Waals surface area contributed by atoms with Crippen molar-refractivity contribution < 1.29 is 55.3 Å². The molecule has 3 fully saturated rings. The number of aliphatic carboxylic acids is 1. The Hall–Kier alpha value is -4.38. The number of hydrogen-bond acceptors (Lipinski definition) is 8. The average molecular weight is 811 g/mol. The van der Waals surface area contributed by atoms with Gasteiger partial charge in [0.1, 0.15) is 16.4 Å². The number of hydrogen-bond donors (Lipinski definition) is 2. The van der Waals surface area contributed by atoms with Crippen LogP contribution in [0.1, 0.15) is 97.5 Å². The minimum atomic E-state index is -4.89. The number of carboxylic acids is 1. The van der Waals surface area contributed by atoms with Gasteiger partial charge in [0.15, 0.2) is 0 Å². The molecule has 1 aliphatic carbocycles. The van der Waals surface area contributed by atoms with E-state index >= 15 is 0 Å². The highest BCUT2D eigenvalue weighted by atomic mass is 32.1. The molecule has 2 saturated heterocycles. The quantitative estimate of drug-likeness (QED) is 0.176. The minimum Gasteiger partial charge on any atom is -0.493 e. The van der Waals surface area contributed by atoms with Crippen molar-refractivity contribution >= 4 is 29.1 Å². The van der Waals surface area contributed by atoms with Gasteiger partial charge in [0.25, 0.3) is 11.8 Å². The number of carboxylic acid groups (broad SMARTS) is 1. The maximum atomic E-state index is 15.0. The zero-order chi connectivity index (χ0) is 40.5. The number of rotatable bonds is 12. The van der Waals surface area contributed by atoms with Crippen LogP contribution in [0.3, 0.4) is 0 Å². The lowest BCUT2D eigenvalue weighted by molar-refractivity contribution is -0.161. The molecule has 2 aliphatic heterocycles. The third-order valence-corrected chi connectivity index (χ3v) is 12.5. The van der Waals surface area contributed by atoms with Crippen LogP contribution in [-0.2, 0) is 27.5 Å². The fourth-order valence-corrected chi connectivity index (χ4v) is 8.96. The van der Waals surface area contributed by atoms with Crippen LogP contribution in [0.4, 0.5) is 26.3 Å². The molecule has 3 aromatic rings. The van der Waals surface area contributed by atoms with E-state index in [0.717, 1.165) is 30.3 Å². The molecule has 10 nitrogen and oxygen atoms in total. The first-order valence-corrected chi connectivity index (χ1v) is 19.5. The van der Waals surface area contributed by atoms with Gasteiger partial charge in [-0.15, -0.1) is 11.3 Å². The molecule has 2 aromatic heterocycles. The maximum absolute atomic E-state index is 15.0. The first kappa shape index (κ1) is 41.3. The fourth-order valence-electron chi connectivity index (χ4n) is 8.28. The second kappa shape index (κ2) is 15.9. The highest BCUT2D eigenvalue weighted by Crippen LogP contribution is 2.46. The van der Waals surface area contributed by atoms with Crippen molar-refractivity contribution in [2.24, 2.45) is 11.1 Å². The Morgan fingerprint density at radius 2 is 1.70 bits per heavy atom. The first-order valence-electron chi connectivity index (χ1n) is 18.6. The number of thiophene rings is 1. The van der Waals surface area contributed by atoms with E-state index in [9.17, 15) is 45.8 Å². The number of aromatic nitrogens is 1. The molecule has 6 rings (SSSR count). The number of ether oxygens (including phenoxy) is 2. The molecule has 0 radical (unpaired) electrons. The number of para-hydroxylation sites is 1. The topological polar surface area (TPSA) is 135 Å². The van der Waals surface area contributed by atoms with Crippen LogP contribution in [0, 0.1) is 5.41 Å². The van der Waals surface area contributed by atoms with E-state index in [1.165, 1.54) is 9.80 Å². The number of nitrogens with two attached hydrogens (primary N) is 1. The van der Waals surface area contributed by atoms with Crippen LogP contribution in [0.2, 0.25) is 0 Å². The Morgan fingerprint density at radius 1 is 0.982 bits per heavy atom. The van der Waals surface area contributed by atoms with Crippen LogP contribution in [0.5, 0.6) is 11.5 Å². The van der Waals surface area contributed by atoms with Gasteiger partial charge in [-0.2, -0.15) is 26.3 Å². The van der Waals surface area contributed by atoms with Crippen LogP contribution < -0.4 is 15.2 Å². The highest BCUT2D eigenvalue weighted by Gasteiger charge is 2.56. The summed E-state index contributed by atoms with van der Waals surface area (Å²) in [5.74, 6) is -2.23. The van der Waals surface area contributed by atoms with E-state index in [2.05, 4.69) is 4.98 Å². The van der Waals surface area contributed by atoms with Gasteiger partial charge in [-0.25, -0.2) is 0 Å². The summed E-state index contributed by atoms with van der Waals surface area (Å²) in [6.07, 6.45) is -4.47. The van der Waals surface area contributed by atoms with Crippen molar-refractivity contribution in [3.63, 3.8) is 0 Å². The largest absolute Gasteiger partial charge is 0.493 e. The molecule has 0 spiro atoms. The number of piperidine rings is 2. The van der Waals surface area contributed by atoms with E-state index in [0.29, 0.717) is 54.4 Å². The van der Waals surface area contributed by atoms with Crippen molar-refractivity contribution in [3.05, 3.63) is 75.7 Å². The Balaban J connectivity index is 1.29. The van der Waals surface area contributed by atoms with Gasteiger partial charge in [0.2, 0.25) is 5.60 Å². The summed E-state index contributed by atoms with van der Waals surface area (Å²) in [4.78, 5) is 46.4. The van der Waals surface area contributed by atoms with Crippen LogP contribution in [-0.4, -0.2) is 75.6 Å². The number of carbonyl (C=O) groups excluding carboxylic acids is 2. The summed E-state index contributed by atoms with van der Waals surface area (Å²) < 4.78 is 95.9. The summed E-state index contributed by atoms with van der Waals surface area (Å²) in [5, 5.41) is 10.9. The molecule has 3 N–H and O–H groups in total. The highest BCUT2D eigenvalue weighted by molar-refractivity contribution is 7.10. The smallest absolute Gasteiger partial charge is 0.425 e. The fraction of sp³-hybridized carbons (Fsp3) is 0.538. The van der Waals surface area contributed by atoms with Crippen molar-refractivity contribution in [2.75, 3.05) is 26.2 Å². The summed E-state index contributed by atoms with van der Waals surface area (Å²) in [5.41, 5.74) is 2.04. The standard InChI is InChI=1S/C39H44F6N4O6S/c1-2-7-30-37(55-25-22-31(56-24-25)39(43,44)45,13-6-18-49(30)32(50)26-23-47-17-10-27(26)38(40,41)42)33(51)48-19-14-36(46,15-20-48)28-8-3-4-9-29(28)54-21-16-35(34(52)53)11-5-12-35/h3-4,8-10,17,22-24,30H,2,5-7,11-16,18-21,46H2,1H3,(H,52,53)/t30-,37+/m1/s1. The van der Waals surface area contributed by atoms with Gasteiger partial charge in [-0.1, -0.05) is 38.0 Å². The summed E-state index contributed by atoms with van der Waals surface area (Å²) in [6.45, 7) is 2.08. The second-order valence-electron chi connectivity index (χ2n) is 14.9. The lowest BCUT2D eigenvalue weighted by atomic mass is 9.67. The predicted molar refractivity (Wildman–Crippen MR) is 193 cm³/mol. The lowest BCUT2D eigenvalue weighted by Gasteiger charge is -2.51. The minimum absolute atomic E-state index is 0.0184. The number of pyridine rings is 1. The number of benzene rings is 1. The normalized spacial score (nSPS) is 22.2. The Kier molecular flexibility index (Phi) is 11.7. The molecule has 0 unspecified atom stereocenters. The molecule has 1 aromatic carbocycles. The SMILES string of the molecule is CCC[C@H]1N(C(=O)c2cnccc2C(F)(F)F)CCC[C@@]1(Oc1csc(C(F)(F)F)c1)C(=O)N1CCC(N)(c2ccccc2OCCC2(C(=O)O)CCC2)CC1. The van der Waals surface area contributed by atoms with Gasteiger partial charge in [-0.05, 0) is 57.1 Å². The summed E-state index contributed by atoms with van der Waals surface area (Å²) >= 11 is 0.379. The van der Waals surface area contributed by atoms with Crippen molar-refractivity contribution in [3.8, 4) is 11.5 Å². The maximum Gasteiger partial charge on any atom is 0.425 e. The van der Waals surface area contributed by atoms with E-state index < -0.39 is 68.7 Å². The summed E-state index contributed by atoms with van der Waals surface area (Å²) in [7, 11) is 0. The average Bonchev–Trinajstić information content (AvgIpc) is 3.62. The lowest BCUT2D eigenvalue weighted by Crippen LogP contribution is -2.69. The van der Waals surface area contributed by atoms with Crippen LogP contribution in [0.25, 0.3) is 0 Å². The predicted octanol–water partition coefficient (Wildman–Crippen LogP) is 7.90. The molecule has 17 heteroatoms. The van der Waals surface area contributed by atoms with Gasteiger partial charge >= 0.3 is 18.3 Å². The zero-order valence-corrected chi connectivity index (χ0v) is 31.6. The molecule has 4 heterocycles. The van der Waals surface area contributed by atoms with Gasteiger partial charge < -0.3 is 30.1 Å². The Labute approximate surface area is 324 Å². The third kappa shape index (κ3) is 8.06. The van der Waals surface area contributed by atoms with Crippen molar-refractivity contribution in [1.82, 2.24) is 14.8 Å². The number of halogens is 6. The molecular weight excluding hydrogens is 767 g/mol. The Morgan fingerprint density at radius 3 is 2.30 bits per heavy atom. The van der Waals surface area contributed by atoms with E-state index in [-0.39, 0.29) is 64.1 Å². The first-order chi connectivity index (χ1) is 26.4. The number of carbonyl (C=O) groups is 3. The van der Waals surface area contributed by atoms with E-state index in [4.69, 9.17) is 15.2 Å². The number of nitrogens with zero attached hydrogens (tertiary/aromatic N) is 3. The monoisotopic (exact) mass is 810 g/mol. The molecule has 56 heavy (non-hydrogen) atoms. The number of likely N-dealkylation sites (tertiary alicyclic amines) is 2. The molecule has 2 amide bonds. The zero-order valence-electron chi connectivity index (χ0n) is 30.8. The Bertz CT molecular complexity index is 1910. The van der Waals surface area contributed by atoms with Crippen LogP contribution in [0.15, 0.2) is 54.2 Å². The molecule has 0 bridgehead atoms. The molecular formula is C39H44F6N4O6S. The van der Waals surface area contributed by atoms with Crippen molar-refractivity contribution in [2.45, 2.75) is 101 Å². The summed E-state index contributed by atoms with van der Waals surface area (Å²) in [6, 6.07) is 7.48. The van der Waals surface area contributed by atoms with E-state index in [1.54, 1.807) is 25.1 Å². The number of alkyl halides is 6. The second-order valence-corrected chi connectivity index (χ2v) is 15.9. The molecule has 304 valence electrons. The number of amides is 2. The van der Waals surface area contributed by atoms with Gasteiger partial charge in [0.05, 0.1) is 29.2 Å². The van der Waals surface area contributed by atoms with Gasteiger partial charge in [0, 0.05) is 61.0 Å². The molecule has 1 saturated carbocycles. The molecule has 2 atom stereocenters. The van der Waals surface area contributed by atoms with E-state index in [1.807, 2.05) is 6.07 Å². The van der Waals surface area contributed by atoms with Crippen LogP contribution >= 0.6 is 11.3 Å².